The fraction of sp³-hybridized carbons (Fsp3) is 0.364. The third-order valence-corrected chi connectivity index (χ3v) is 5.96. The average molecular weight is 458 g/mol. The highest BCUT2D eigenvalue weighted by atomic mass is 32.1. The lowest BCUT2D eigenvalue weighted by molar-refractivity contribution is -0.135. The maximum atomic E-state index is 12.8. The van der Waals surface area contributed by atoms with Crippen LogP contribution in [0.3, 0.4) is 0 Å². The summed E-state index contributed by atoms with van der Waals surface area (Å²) in [4.78, 5) is 35.8. The Morgan fingerprint density at radius 2 is 2.03 bits per heavy atom. The second-order valence-electron chi connectivity index (χ2n) is 7.51. The van der Waals surface area contributed by atoms with E-state index in [4.69, 9.17) is 5.21 Å². The van der Waals surface area contributed by atoms with E-state index in [1.165, 1.54) is 6.33 Å². The fourth-order valence-corrected chi connectivity index (χ4v) is 4.07. The second-order valence-corrected chi connectivity index (χ2v) is 8.58. The van der Waals surface area contributed by atoms with Crippen LogP contribution in [0.1, 0.15) is 41.6 Å². The maximum absolute atomic E-state index is 12.8. The van der Waals surface area contributed by atoms with Gasteiger partial charge in [-0.25, -0.2) is 15.4 Å². The van der Waals surface area contributed by atoms with Gasteiger partial charge in [0.05, 0.1) is 35.4 Å². The van der Waals surface area contributed by atoms with E-state index in [0.29, 0.717) is 18.5 Å². The summed E-state index contributed by atoms with van der Waals surface area (Å²) in [6, 6.07) is 7.47. The number of hydrogen-bond acceptors (Lipinski definition) is 7. The Bertz CT molecular complexity index is 1000. The Labute approximate surface area is 189 Å². The van der Waals surface area contributed by atoms with Crippen molar-refractivity contribution in [3.8, 4) is 11.3 Å². The predicted octanol–water partition coefficient (Wildman–Crippen LogP) is 2.53. The highest BCUT2D eigenvalue weighted by Gasteiger charge is 2.25. The number of nitrogens with zero attached hydrogens (tertiary/aromatic N) is 2. The number of carbonyl (C=O) groups excluding carboxylic acids is 2. The van der Waals surface area contributed by atoms with Crippen molar-refractivity contribution in [3.05, 3.63) is 58.4 Å². The number of hydrogen-bond donors (Lipinski definition) is 5. The molecule has 32 heavy (non-hydrogen) atoms. The molecule has 2 aromatic heterocycles. The zero-order valence-corrected chi connectivity index (χ0v) is 18.6. The van der Waals surface area contributed by atoms with Crippen LogP contribution in [0, 0.1) is 12.8 Å². The molecule has 0 unspecified atom stereocenters. The van der Waals surface area contributed by atoms with Crippen molar-refractivity contribution in [1.29, 1.82) is 0 Å². The number of aryl methyl sites for hydroxylation is 2. The molecule has 2 amide bonds. The lowest BCUT2D eigenvalue weighted by Crippen LogP contribution is -2.38. The standard InChI is InChI=1S/C22H27N5O4S/c1-14-25-20(12-32-14)16-7-5-15(6-8-16)3-2-4-17(9-21(29)27-31)22(30)26-19(11-28)18-10-23-13-24-18/h5-8,10,12-13,17,19,28,31H,2-4,9,11H2,1H3,(H,23,24)(H,26,30)(H,27,29)/t17-,19-/m1/s1. The first kappa shape index (κ1) is 23.6. The van der Waals surface area contributed by atoms with Crippen LogP contribution in [0.2, 0.25) is 0 Å². The van der Waals surface area contributed by atoms with E-state index < -0.39 is 17.9 Å². The van der Waals surface area contributed by atoms with Gasteiger partial charge in [0.15, 0.2) is 0 Å². The average Bonchev–Trinajstić information content (AvgIpc) is 3.49. The number of aliphatic hydroxyl groups excluding tert-OH is 1. The molecule has 0 saturated carbocycles. The molecular weight excluding hydrogens is 430 g/mol. The number of aromatic nitrogens is 3. The molecule has 0 saturated heterocycles. The zero-order valence-electron chi connectivity index (χ0n) is 17.7. The van der Waals surface area contributed by atoms with E-state index in [1.807, 2.05) is 36.6 Å². The van der Waals surface area contributed by atoms with Gasteiger partial charge in [0.25, 0.3) is 0 Å². The Morgan fingerprint density at radius 3 is 2.62 bits per heavy atom. The van der Waals surface area contributed by atoms with Gasteiger partial charge in [0.2, 0.25) is 11.8 Å². The molecule has 0 aliphatic rings. The first-order valence-corrected chi connectivity index (χ1v) is 11.2. The van der Waals surface area contributed by atoms with Crippen molar-refractivity contribution in [2.24, 2.45) is 5.92 Å². The first-order valence-electron chi connectivity index (χ1n) is 10.3. The van der Waals surface area contributed by atoms with Gasteiger partial charge in [-0.1, -0.05) is 24.3 Å². The van der Waals surface area contributed by atoms with Gasteiger partial charge in [0.1, 0.15) is 0 Å². The normalized spacial score (nSPS) is 12.8. The Kier molecular flexibility index (Phi) is 8.48. The molecule has 0 fully saturated rings. The maximum Gasteiger partial charge on any atom is 0.244 e. The summed E-state index contributed by atoms with van der Waals surface area (Å²) in [7, 11) is 0. The smallest absolute Gasteiger partial charge is 0.244 e. The molecule has 0 radical (unpaired) electrons. The Morgan fingerprint density at radius 1 is 1.25 bits per heavy atom. The van der Waals surface area contributed by atoms with Crippen molar-refractivity contribution in [3.63, 3.8) is 0 Å². The molecule has 1 aromatic carbocycles. The van der Waals surface area contributed by atoms with Crippen molar-refractivity contribution in [2.45, 2.75) is 38.6 Å². The van der Waals surface area contributed by atoms with Gasteiger partial charge in [-0.05, 0) is 31.7 Å². The summed E-state index contributed by atoms with van der Waals surface area (Å²) in [5.74, 6) is -1.65. The van der Waals surface area contributed by atoms with Crippen LogP contribution in [0.15, 0.2) is 42.2 Å². The van der Waals surface area contributed by atoms with Crippen LogP contribution in [0.25, 0.3) is 11.3 Å². The summed E-state index contributed by atoms with van der Waals surface area (Å²) >= 11 is 1.61. The first-order chi connectivity index (χ1) is 15.5. The van der Waals surface area contributed by atoms with Crippen molar-refractivity contribution in [2.75, 3.05) is 6.61 Å². The van der Waals surface area contributed by atoms with Gasteiger partial charge in [-0.3, -0.25) is 14.8 Å². The molecule has 3 aromatic rings. The molecule has 0 aliphatic carbocycles. The number of amides is 2. The third-order valence-electron chi connectivity index (χ3n) is 5.19. The number of carbonyl (C=O) groups is 2. The van der Waals surface area contributed by atoms with E-state index >= 15 is 0 Å². The number of aromatic amines is 1. The number of aliphatic hydroxyl groups is 1. The predicted molar refractivity (Wildman–Crippen MR) is 120 cm³/mol. The summed E-state index contributed by atoms with van der Waals surface area (Å²) in [6.07, 6.45) is 4.77. The Hall–Kier alpha value is -3.08. The molecule has 0 bridgehead atoms. The molecule has 9 nitrogen and oxygen atoms in total. The van der Waals surface area contributed by atoms with E-state index in [1.54, 1.807) is 23.0 Å². The molecule has 2 heterocycles. The summed E-state index contributed by atoms with van der Waals surface area (Å²) in [6.45, 7) is 1.66. The van der Waals surface area contributed by atoms with Gasteiger partial charge in [0, 0.05) is 29.5 Å². The van der Waals surface area contributed by atoms with Crippen molar-refractivity contribution < 1.29 is 19.9 Å². The molecule has 0 aliphatic heterocycles. The van der Waals surface area contributed by atoms with Crippen molar-refractivity contribution in [1.82, 2.24) is 25.7 Å². The number of thiazole rings is 1. The van der Waals surface area contributed by atoms with Gasteiger partial charge < -0.3 is 15.4 Å². The lowest BCUT2D eigenvalue weighted by atomic mass is 9.94. The molecule has 2 atom stereocenters. The molecule has 170 valence electrons. The van der Waals surface area contributed by atoms with Crippen LogP contribution in [-0.2, 0) is 16.0 Å². The van der Waals surface area contributed by atoms with Crippen LogP contribution in [-0.4, -0.2) is 43.7 Å². The fourth-order valence-electron chi connectivity index (χ4n) is 3.45. The monoisotopic (exact) mass is 457 g/mol. The SMILES string of the molecule is Cc1nc(-c2ccc(CCC[C@H](CC(=O)NO)C(=O)N[C@H](CO)c3c[nH]cn3)cc2)cs1. The molecule has 10 heteroatoms. The number of benzene rings is 1. The number of hydroxylamine groups is 1. The van der Waals surface area contributed by atoms with E-state index in [-0.39, 0.29) is 18.9 Å². The lowest BCUT2D eigenvalue weighted by Gasteiger charge is -2.20. The number of nitrogens with one attached hydrogen (secondary N) is 3. The van der Waals surface area contributed by atoms with E-state index in [2.05, 4.69) is 20.3 Å². The van der Waals surface area contributed by atoms with E-state index in [0.717, 1.165) is 28.2 Å². The Balaban J connectivity index is 1.57. The molecular formula is C22H27N5O4S. The summed E-state index contributed by atoms with van der Waals surface area (Å²) < 4.78 is 0. The van der Waals surface area contributed by atoms with Gasteiger partial charge in [-0.2, -0.15) is 0 Å². The number of H-pyrrole nitrogens is 1. The van der Waals surface area contributed by atoms with Crippen LogP contribution in [0.5, 0.6) is 0 Å². The third kappa shape index (κ3) is 6.46. The van der Waals surface area contributed by atoms with Crippen LogP contribution in [0.4, 0.5) is 0 Å². The summed E-state index contributed by atoms with van der Waals surface area (Å²) in [5.41, 5.74) is 5.23. The number of rotatable bonds is 11. The summed E-state index contributed by atoms with van der Waals surface area (Å²) in [5, 5.41) is 24.3. The quantitative estimate of drug-likeness (QED) is 0.221. The van der Waals surface area contributed by atoms with Crippen molar-refractivity contribution >= 4 is 23.2 Å². The largest absolute Gasteiger partial charge is 0.394 e. The number of imidazole rings is 1. The minimum Gasteiger partial charge on any atom is -0.394 e. The van der Waals surface area contributed by atoms with Gasteiger partial charge >= 0.3 is 0 Å². The molecule has 5 N–H and O–H groups in total. The minimum atomic E-state index is -0.671. The van der Waals surface area contributed by atoms with Crippen LogP contribution < -0.4 is 10.8 Å². The highest BCUT2D eigenvalue weighted by molar-refractivity contribution is 7.09. The molecule has 0 spiro atoms. The van der Waals surface area contributed by atoms with E-state index in [9.17, 15) is 14.7 Å². The zero-order chi connectivity index (χ0) is 22.9. The van der Waals surface area contributed by atoms with Crippen LogP contribution >= 0.6 is 11.3 Å². The van der Waals surface area contributed by atoms with Gasteiger partial charge in [-0.15, -0.1) is 11.3 Å². The topological polar surface area (TPSA) is 140 Å². The highest BCUT2D eigenvalue weighted by Crippen LogP contribution is 2.23. The molecule has 3 rings (SSSR count). The second kappa shape index (κ2) is 11.5. The minimum absolute atomic E-state index is 0.150.